The number of hydrogen-bond donors (Lipinski definition) is 4. The molecule has 0 bridgehead atoms. The fourth-order valence-corrected chi connectivity index (χ4v) is 4.67. The normalized spacial score (nSPS) is 12.8. The Morgan fingerprint density at radius 1 is 0.875 bits per heavy atom. The second kappa shape index (κ2) is 7.29. The fraction of sp³-hybridized carbons (Fsp3) is 0.0455. The molecule has 1 aliphatic rings. The third-order valence-corrected chi connectivity index (χ3v) is 6.08. The summed E-state index contributed by atoms with van der Waals surface area (Å²) < 4.78 is 34.1. The zero-order valence-corrected chi connectivity index (χ0v) is 17.5. The summed E-state index contributed by atoms with van der Waals surface area (Å²) >= 11 is 0. The van der Waals surface area contributed by atoms with Crippen LogP contribution in [0, 0.1) is 0 Å². The number of hydrogen-bond acceptors (Lipinski definition) is 7. The molecule has 0 unspecified atom stereocenters. The Hall–Kier alpha value is -4.02. The third-order valence-electron chi connectivity index (χ3n) is 5.13. The summed E-state index contributed by atoms with van der Waals surface area (Å²) in [4.78, 5) is 37.3. The number of rotatable bonds is 3. The van der Waals surface area contributed by atoms with E-state index in [0.29, 0.717) is 5.69 Å². The van der Waals surface area contributed by atoms with Gasteiger partial charge in [0.15, 0.2) is 11.6 Å². The van der Waals surface area contributed by atoms with E-state index >= 15 is 0 Å². The van der Waals surface area contributed by atoms with E-state index < -0.39 is 38.0 Å². The molecule has 6 N–H and O–H groups in total. The number of carbonyl (C=O) groups is 3. The van der Waals surface area contributed by atoms with Gasteiger partial charge in [0.25, 0.3) is 10.1 Å². The molecule has 162 valence electrons. The first-order chi connectivity index (χ1) is 15.0. The van der Waals surface area contributed by atoms with Crippen molar-refractivity contribution >= 4 is 44.7 Å². The smallest absolute Gasteiger partial charge is 0.298 e. The van der Waals surface area contributed by atoms with E-state index in [1.807, 2.05) is 0 Å². The molecular formula is C22H17N3O6S. The standard InChI is InChI=1S/C22H17N3O6S/c1-10(26)25-12-6-4-5-11(9-12)15-16-17(19(24)22(18(15)23)32(29,30)31)21(28)14-8-3-2-7-13(14)20(16)27/h2-9H,23-24H2,1H3,(H,25,26)(H,29,30,31). The predicted molar refractivity (Wildman–Crippen MR) is 118 cm³/mol. The van der Waals surface area contributed by atoms with Crippen LogP contribution in [-0.2, 0) is 14.9 Å². The van der Waals surface area contributed by atoms with Crippen molar-refractivity contribution in [2.75, 3.05) is 16.8 Å². The molecule has 3 aromatic carbocycles. The maximum Gasteiger partial charge on any atom is 0.298 e. The van der Waals surface area contributed by atoms with Gasteiger partial charge in [-0.05, 0) is 17.7 Å². The molecule has 4 rings (SSSR count). The van der Waals surface area contributed by atoms with E-state index in [-0.39, 0.29) is 39.3 Å². The molecule has 0 fully saturated rings. The molecule has 1 aliphatic carbocycles. The second-order valence-corrected chi connectivity index (χ2v) is 8.58. The number of nitrogens with one attached hydrogen (secondary N) is 1. The summed E-state index contributed by atoms with van der Waals surface area (Å²) in [5, 5.41) is 2.58. The van der Waals surface area contributed by atoms with E-state index in [0.717, 1.165) is 0 Å². The number of carbonyl (C=O) groups excluding carboxylic acids is 3. The number of nitrogen functional groups attached to an aromatic ring is 2. The van der Waals surface area contributed by atoms with Gasteiger partial charge in [-0.1, -0.05) is 36.4 Å². The highest BCUT2D eigenvalue weighted by atomic mass is 32.2. The largest absolute Gasteiger partial charge is 0.397 e. The lowest BCUT2D eigenvalue weighted by Crippen LogP contribution is -2.26. The SMILES string of the molecule is CC(=O)Nc1cccc(-c2c(N)c(S(=O)(=O)O)c(N)c3c2C(=O)c2ccccc2C3=O)c1. The molecule has 0 atom stereocenters. The van der Waals surface area contributed by atoms with Gasteiger partial charge < -0.3 is 16.8 Å². The fourth-order valence-electron chi connectivity index (χ4n) is 3.91. The molecule has 9 nitrogen and oxygen atoms in total. The average molecular weight is 451 g/mol. The van der Waals surface area contributed by atoms with Crippen molar-refractivity contribution in [3.05, 3.63) is 70.8 Å². The zero-order valence-electron chi connectivity index (χ0n) is 16.7. The summed E-state index contributed by atoms with van der Waals surface area (Å²) in [6.07, 6.45) is 0. The number of amides is 1. The number of nitrogens with two attached hydrogens (primary N) is 2. The maximum absolute atomic E-state index is 13.4. The van der Waals surface area contributed by atoms with Crippen molar-refractivity contribution < 1.29 is 27.4 Å². The molecular weight excluding hydrogens is 434 g/mol. The Bertz CT molecular complexity index is 1460. The maximum atomic E-state index is 13.4. The monoisotopic (exact) mass is 451 g/mol. The zero-order chi connectivity index (χ0) is 23.4. The molecule has 0 radical (unpaired) electrons. The van der Waals surface area contributed by atoms with E-state index in [4.69, 9.17) is 11.5 Å². The summed E-state index contributed by atoms with van der Waals surface area (Å²) in [5.74, 6) is -1.60. The summed E-state index contributed by atoms with van der Waals surface area (Å²) in [7, 11) is -4.96. The van der Waals surface area contributed by atoms with Crippen molar-refractivity contribution in [1.82, 2.24) is 0 Å². The Balaban J connectivity index is 2.15. The van der Waals surface area contributed by atoms with Crippen LogP contribution >= 0.6 is 0 Å². The van der Waals surface area contributed by atoms with Crippen molar-refractivity contribution in [2.45, 2.75) is 11.8 Å². The van der Waals surface area contributed by atoms with Crippen LogP contribution in [0.4, 0.5) is 17.1 Å². The van der Waals surface area contributed by atoms with Crippen LogP contribution in [0.1, 0.15) is 38.8 Å². The van der Waals surface area contributed by atoms with Crippen LogP contribution in [0.2, 0.25) is 0 Å². The van der Waals surface area contributed by atoms with Crippen LogP contribution in [0.3, 0.4) is 0 Å². The van der Waals surface area contributed by atoms with Crippen LogP contribution in [-0.4, -0.2) is 30.4 Å². The van der Waals surface area contributed by atoms with Crippen LogP contribution in [0.25, 0.3) is 11.1 Å². The van der Waals surface area contributed by atoms with Crippen molar-refractivity contribution in [3.63, 3.8) is 0 Å². The highest BCUT2D eigenvalue weighted by molar-refractivity contribution is 7.86. The van der Waals surface area contributed by atoms with E-state index in [1.165, 1.54) is 31.2 Å². The molecule has 0 heterocycles. The molecule has 32 heavy (non-hydrogen) atoms. The minimum absolute atomic E-state index is 0.0562. The quantitative estimate of drug-likeness (QED) is 0.272. The van der Waals surface area contributed by atoms with E-state index in [9.17, 15) is 27.4 Å². The van der Waals surface area contributed by atoms with Gasteiger partial charge in [-0.2, -0.15) is 8.42 Å². The summed E-state index contributed by atoms with van der Waals surface area (Å²) in [6.45, 7) is 1.31. The minimum Gasteiger partial charge on any atom is -0.397 e. The predicted octanol–water partition coefficient (Wildman–Crippen LogP) is 2.50. The topological polar surface area (TPSA) is 170 Å². The molecule has 0 saturated heterocycles. The number of fused-ring (bicyclic) bond motifs is 2. The number of anilines is 3. The van der Waals surface area contributed by atoms with Crippen LogP contribution in [0.5, 0.6) is 0 Å². The molecule has 0 spiro atoms. The van der Waals surface area contributed by atoms with Gasteiger partial charge in [0, 0.05) is 34.9 Å². The molecule has 3 aromatic rings. The Kier molecular flexibility index (Phi) is 4.83. The Labute approximate surface area is 182 Å². The summed E-state index contributed by atoms with van der Waals surface area (Å²) in [5.41, 5.74) is 11.2. The van der Waals surface area contributed by atoms with Gasteiger partial charge in [0.2, 0.25) is 5.91 Å². The minimum atomic E-state index is -4.96. The molecule has 10 heteroatoms. The first-order valence-electron chi connectivity index (χ1n) is 9.31. The Morgan fingerprint density at radius 2 is 1.44 bits per heavy atom. The molecule has 0 aliphatic heterocycles. The van der Waals surface area contributed by atoms with Gasteiger partial charge in [0.1, 0.15) is 4.90 Å². The lowest BCUT2D eigenvalue weighted by atomic mass is 9.79. The van der Waals surface area contributed by atoms with Crippen LogP contribution in [0.15, 0.2) is 53.4 Å². The van der Waals surface area contributed by atoms with Crippen molar-refractivity contribution in [1.29, 1.82) is 0 Å². The summed E-state index contributed by atoms with van der Waals surface area (Å²) in [6, 6.07) is 12.2. The van der Waals surface area contributed by atoms with E-state index in [1.54, 1.807) is 24.3 Å². The van der Waals surface area contributed by atoms with Gasteiger partial charge >= 0.3 is 0 Å². The van der Waals surface area contributed by atoms with Gasteiger partial charge in [-0.3, -0.25) is 18.9 Å². The van der Waals surface area contributed by atoms with Crippen molar-refractivity contribution in [2.24, 2.45) is 0 Å². The van der Waals surface area contributed by atoms with E-state index in [2.05, 4.69) is 5.32 Å². The second-order valence-electron chi connectivity index (χ2n) is 7.22. The lowest BCUT2D eigenvalue weighted by Gasteiger charge is -2.25. The van der Waals surface area contributed by atoms with Gasteiger partial charge in [-0.25, -0.2) is 0 Å². The van der Waals surface area contributed by atoms with Gasteiger partial charge in [0.05, 0.1) is 16.9 Å². The third kappa shape index (κ3) is 3.22. The van der Waals surface area contributed by atoms with Gasteiger partial charge in [-0.15, -0.1) is 0 Å². The highest BCUT2D eigenvalue weighted by Crippen LogP contribution is 2.45. The average Bonchev–Trinajstić information content (AvgIpc) is 2.70. The van der Waals surface area contributed by atoms with Crippen molar-refractivity contribution in [3.8, 4) is 11.1 Å². The first-order valence-corrected chi connectivity index (χ1v) is 10.7. The molecule has 0 aromatic heterocycles. The number of ketones is 2. The molecule has 1 amide bonds. The number of benzene rings is 3. The lowest BCUT2D eigenvalue weighted by molar-refractivity contribution is -0.114. The molecule has 0 saturated carbocycles. The first kappa shape index (κ1) is 21.2. The Morgan fingerprint density at radius 3 is 2.00 bits per heavy atom. The van der Waals surface area contributed by atoms with Crippen LogP contribution < -0.4 is 16.8 Å². The highest BCUT2D eigenvalue weighted by Gasteiger charge is 2.38.